The Morgan fingerprint density at radius 3 is 2.63 bits per heavy atom. The Balaban J connectivity index is 1.43. The Hall–Kier alpha value is -2.30. The number of nitrogens with zero attached hydrogens (tertiary/aromatic N) is 2. The number of amides is 1. The van der Waals surface area contributed by atoms with E-state index in [1.54, 1.807) is 18.4 Å². The molecule has 3 aliphatic rings. The lowest BCUT2D eigenvalue weighted by Crippen LogP contribution is -2.49. The van der Waals surface area contributed by atoms with Gasteiger partial charge in [-0.3, -0.25) is 9.59 Å². The van der Waals surface area contributed by atoms with Crippen molar-refractivity contribution in [1.82, 2.24) is 9.47 Å². The van der Waals surface area contributed by atoms with E-state index in [0.29, 0.717) is 30.7 Å². The zero-order valence-corrected chi connectivity index (χ0v) is 15.6. The van der Waals surface area contributed by atoms with Crippen molar-refractivity contribution in [2.45, 2.75) is 56.9 Å². The summed E-state index contributed by atoms with van der Waals surface area (Å²) in [5.74, 6) is 1.38. The van der Waals surface area contributed by atoms with Crippen molar-refractivity contribution in [2.75, 3.05) is 13.1 Å². The normalized spacial score (nSPS) is 25.3. The number of likely N-dealkylation sites (tertiary alicyclic amines) is 1. The van der Waals surface area contributed by atoms with Crippen molar-refractivity contribution >= 4 is 5.91 Å². The largest absolute Gasteiger partial charge is 0.459 e. The molecule has 1 amide bonds. The lowest BCUT2D eigenvalue weighted by Gasteiger charge is -2.42. The highest BCUT2D eigenvalue weighted by atomic mass is 16.3. The number of hydrogen-bond acceptors (Lipinski definition) is 3. The molecule has 1 saturated carbocycles. The summed E-state index contributed by atoms with van der Waals surface area (Å²) in [6.07, 6.45) is 8.66. The first kappa shape index (κ1) is 16.8. The number of hydrogen-bond donors (Lipinski definition) is 0. The molecule has 5 rings (SSSR count). The van der Waals surface area contributed by atoms with Gasteiger partial charge in [0.15, 0.2) is 5.76 Å². The molecule has 0 N–H and O–H groups in total. The Kier molecular flexibility index (Phi) is 4.18. The molecule has 2 atom stereocenters. The van der Waals surface area contributed by atoms with Crippen LogP contribution in [0.3, 0.4) is 0 Å². The van der Waals surface area contributed by atoms with Crippen molar-refractivity contribution in [3.63, 3.8) is 0 Å². The summed E-state index contributed by atoms with van der Waals surface area (Å²) < 4.78 is 7.32. The Bertz CT molecular complexity index is 893. The van der Waals surface area contributed by atoms with Gasteiger partial charge in [-0.05, 0) is 49.3 Å². The third kappa shape index (κ3) is 2.93. The van der Waals surface area contributed by atoms with E-state index in [0.717, 1.165) is 37.1 Å². The summed E-state index contributed by atoms with van der Waals surface area (Å²) in [5.41, 5.74) is 2.34. The molecule has 5 nitrogen and oxygen atoms in total. The van der Waals surface area contributed by atoms with Crippen LogP contribution in [0.4, 0.5) is 0 Å². The third-order valence-corrected chi connectivity index (χ3v) is 6.70. The van der Waals surface area contributed by atoms with Gasteiger partial charge in [-0.1, -0.05) is 25.3 Å². The third-order valence-electron chi connectivity index (χ3n) is 6.70. The average Bonchev–Trinajstić information content (AvgIpc) is 3.23. The molecule has 2 fully saturated rings. The number of furan rings is 1. The quantitative estimate of drug-likeness (QED) is 0.813. The molecule has 2 aromatic rings. The molecular weight excluding hydrogens is 340 g/mol. The second-order valence-corrected chi connectivity index (χ2v) is 8.45. The van der Waals surface area contributed by atoms with Gasteiger partial charge < -0.3 is 13.9 Å². The van der Waals surface area contributed by atoms with Crippen LogP contribution in [0.5, 0.6) is 0 Å². The van der Waals surface area contributed by atoms with Crippen molar-refractivity contribution in [1.29, 1.82) is 0 Å². The van der Waals surface area contributed by atoms with Crippen LogP contribution in [0.15, 0.2) is 39.7 Å². The number of carbonyl (C=O) groups is 1. The summed E-state index contributed by atoms with van der Waals surface area (Å²) in [4.78, 5) is 27.8. The summed E-state index contributed by atoms with van der Waals surface area (Å²) in [6, 6.07) is 7.71. The molecule has 27 heavy (non-hydrogen) atoms. The minimum absolute atomic E-state index is 0.0377. The van der Waals surface area contributed by atoms with Crippen LogP contribution < -0.4 is 5.56 Å². The topological polar surface area (TPSA) is 55.5 Å². The van der Waals surface area contributed by atoms with E-state index in [2.05, 4.69) is 12.1 Å². The van der Waals surface area contributed by atoms with Gasteiger partial charge in [0.05, 0.1) is 6.26 Å². The number of piperidine rings is 1. The van der Waals surface area contributed by atoms with Gasteiger partial charge in [0.1, 0.15) is 0 Å². The van der Waals surface area contributed by atoms with E-state index in [1.807, 2.05) is 9.47 Å². The van der Waals surface area contributed by atoms with E-state index in [4.69, 9.17) is 4.42 Å². The van der Waals surface area contributed by atoms with Crippen LogP contribution in [0.25, 0.3) is 0 Å². The minimum atomic E-state index is -0.0377. The van der Waals surface area contributed by atoms with E-state index < -0.39 is 0 Å². The van der Waals surface area contributed by atoms with Gasteiger partial charge in [-0.15, -0.1) is 0 Å². The van der Waals surface area contributed by atoms with Crippen LogP contribution in [0, 0.1) is 5.92 Å². The minimum Gasteiger partial charge on any atom is -0.459 e. The molecule has 2 bridgehead atoms. The highest BCUT2D eigenvalue weighted by Gasteiger charge is 2.37. The predicted octanol–water partition coefficient (Wildman–Crippen LogP) is 3.75. The molecule has 0 aromatic carbocycles. The van der Waals surface area contributed by atoms with Crippen LogP contribution in [-0.4, -0.2) is 28.5 Å². The summed E-state index contributed by atoms with van der Waals surface area (Å²) in [6.45, 7) is 2.10. The molecular formula is C22H26N2O3. The number of pyridine rings is 1. The van der Waals surface area contributed by atoms with Crippen LogP contribution >= 0.6 is 0 Å². The molecule has 142 valence electrons. The highest BCUT2D eigenvalue weighted by Crippen LogP contribution is 2.37. The molecule has 5 heteroatoms. The standard InChI is InChI=1S/C22H26N2O3/c25-21-18(16-5-2-1-3-6-16)8-9-19-17-11-15(13-24(19)21)12-23(14-17)22(26)20-7-4-10-27-20/h4,7-10,15-17H,1-3,5-6,11-14H2/t15-,17+/m0/s1. The van der Waals surface area contributed by atoms with Gasteiger partial charge in [0, 0.05) is 36.8 Å². The summed E-state index contributed by atoms with van der Waals surface area (Å²) in [7, 11) is 0. The fraction of sp³-hybridized carbons (Fsp3) is 0.545. The first-order valence-corrected chi connectivity index (χ1v) is 10.3. The fourth-order valence-electron chi connectivity index (χ4n) is 5.41. The summed E-state index contributed by atoms with van der Waals surface area (Å²) >= 11 is 0. The second-order valence-electron chi connectivity index (χ2n) is 8.45. The maximum Gasteiger partial charge on any atom is 0.289 e. The smallest absolute Gasteiger partial charge is 0.289 e. The number of aromatic nitrogens is 1. The van der Waals surface area contributed by atoms with Crippen LogP contribution in [-0.2, 0) is 6.54 Å². The van der Waals surface area contributed by atoms with Crippen LogP contribution in [0.2, 0.25) is 0 Å². The molecule has 1 saturated heterocycles. The highest BCUT2D eigenvalue weighted by molar-refractivity contribution is 5.91. The van der Waals surface area contributed by atoms with Crippen molar-refractivity contribution < 1.29 is 9.21 Å². The fourth-order valence-corrected chi connectivity index (χ4v) is 5.41. The van der Waals surface area contributed by atoms with E-state index >= 15 is 0 Å². The maximum atomic E-state index is 13.2. The molecule has 1 aliphatic carbocycles. The van der Waals surface area contributed by atoms with Gasteiger partial charge >= 0.3 is 0 Å². The first-order chi connectivity index (χ1) is 13.2. The van der Waals surface area contributed by atoms with Gasteiger partial charge in [-0.25, -0.2) is 0 Å². The second kappa shape index (κ2) is 6.70. The van der Waals surface area contributed by atoms with Gasteiger partial charge in [0.2, 0.25) is 0 Å². The Labute approximate surface area is 159 Å². The zero-order valence-electron chi connectivity index (χ0n) is 15.6. The summed E-state index contributed by atoms with van der Waals surface area (Å²) in [5, 5.41) is 0. The van der Waals surface area contributed by atoms with Crippen molar-refractivity contribution in [3.8, 4) is 0 Å². The SMILES string of the molecule is O=C(c1ccco1)N1C[C@@H]2C[C@H](C1)c1ccc(C3CCCCC3)c(=O)n1C2. The molecule has 2 aromatic heterocycles. The van der Waals surface area contributed by atoms with Gasteiger partial charge in [-0.2, -0.15) is 0 Å². The first-order valence-electron chi connectivity index (χ1n) is 10.3. The van der Waals surface area contributed by atoms with Crippen molar-refractivity contribution in [3.05, 3.63) is 57.9 Å². The lowest BCUT2D eigenvalue weighted by atomic mass is 9.81. The average molecular weight is 366 g/mol. The van der Waals surface area contributed by atoms with Crippen LogP contribution in [0.1, 0.15) is 72.2 Å². The number of fused-ring (bicyclic) bond motifs is 4. The number of carbonyl (C=O) groups excluding carboxylic acids is 1. The maximum absolute atomic E-state index is 13.2. The molecule has 0 unspecified atom stereocenters. The lowest BCUT2D eigenvalue weighted by molar-refractivity contribution is 0.0563. The Morgan fingerprint density at radius 1 is 1.00 bits per heavy atom. The van der Waals surface area contributed by atoms with E-state index in [9.17, 15) is 9.59 Å². The molecule has 2 aliphatic heterocycles. The molecule has 4 heterocycles. The molecule has 0 spiro atoms. The predicted molar refractivity (Wildman–Crippen MR) is 102 cm³/mol. The monoisotopic (exact) mass is 366 g/mol. The van der Waals surface area contributed by atoms with E-state index in [-0.39, 0.29) is 17.4 Å². The Morgan fingerprint density at radius 2 is 1.85 bits per heavy atom. The molecule has 0 radical (unpaired) electrons. The number of rotatable bonds is 2. The van der Waals surface area contributed by atoms with Crippen molar-refractivity contribution in [2.24, 2.45) is 5.92 Å². The zero-order chi connectivity index (χ0) is 18.4. The van der Waals surface area contributed by atoms with Gasteiger partial charge in [0.25, 0.3) is 11.5 Å². The van der Waals surface area contributed by atoms with E-state index in [1.165, 1.54) is 19.3 Å².